The molecule has 19 heavy (non-hydrogen) atoms. The largest absolute Gasteiger partial charge is 0.353 e. The van der Waals surface area contributed by atoms with Gasteiger partial charge in [0.2, 0.25) is 5.95 Å². The number of aryl methyl sites for hydroxylation is 1. The SMILES string of the molecule is CCC(C(C)C)n1cc(C)nc1NC1CCCCC1. The lowest BCUT2D eigenvalue weighted by atomic mass is 9.96. The molecule has 1 unspecified atom stereocenters. The molecule has 1 aromatic heterocycles. The number of nitrogens with one attached hydrogen (secondary N) is 1. The number of hydrogen-bond acceptors (Lipinski definition) is 2. The van der Waals surface area contributed by atoms with Crippen LogP contribution in [0.5, 0.6) is 0 Å². The van der Waals surface area contributed by atoms with Gasteiger partial charge in [-0.05, 0) is 32.1 Å². The molecule has 0 aromatic carbocycles. The summed E-state index contributed by atoms with van der Waals surface area (Å²) in [5.74, 6) is 1.73. The van der Waals surface area contributed by atoms with E-state index in [9.17, 15) is 0 Å². The molecule has 1 atom stereocenters. The second-order valence-corrected chi connectivity index (χ2v) is 6.31. The molecular weight excluding hydrogens is 234 g/mol. The third-order valence-corrected chi connectivity index (χ3v) is 4.34. The van der Waals surface area contributed by atoms with Crippen LogP contribution in [0.1, 0.15) is 71.0 Å². The Morgan fingerprint density at radius 3 is 2.58 bits per heavy atom. The van der Waals surface area contributed by atoms with Crippen LogP contribution in [0.3, 0.4) is 0 Å². The number of nitrogens with zero attached hydrogens (tertiary/aromatic N) is 2. The zero-order valence-electron chi connectivity index (χ0n) is 12.9. The van der Waals surface area contributed by atoms with Crippen LogP contribution < -0.4 is 5.32 Å². The Balaban J connectivity index is 2.14. The number of aromatic nitrogens is 2. The van der Waals surface area contributed by atoms with Gasteiger partial charge in [0.15, 0.2) is 0 Å². The molecule has 1 aliphatic carbocycles. The van der Waals surface area contributed by atoms with Crippen molar-refractivity contribution in [3.8, 4) is 0 Å². The van der Waals surface area contributed by atoms with E-state index in [4.69, 9.17) is 4.98 Å². The summed E-state index contributed by atoms with van der Waals surface area (Å²) in [6, 6.07) is 1.17. The molecule has 108 valence electrons. The summed E-state index contributed by atoms with van der Waals surface area (Å²) in [6.45, 7) is 8.96. The van der Waals surface area contributed by atoms with E-state index in [2.05, 4.69) is 43.8 Å². The van der Waals surface area contributed by atoms with Crippen LogP contribution in [0.25, 0.3) is 0 Å². The third kappa shape index (κ3) is 3.52. The normalized spacial score (nSPS) is 18.8. The lowest BCUT2D eigenvalue weighted by Gasteiger charge is -2.27. The predicted molar refractivity (Wildman–Crippen MR) is 81.6 cm³/mol. The highest BCUT2D eigenvalue weighted by Crippen LogP contribution is 2.28. The van der Waals surface area contributed by atoms with E-state index in [1.807, 2.05) is 0 Å². The molecule has 0 saturated heterocycles. The van der Waals surface area contributed by atoms with E-state index < -0.39 is 0 Å². The maximum absolute atomic E-state index is 4.71. The van der Waals surface area contributed by atoms with Crippen molar-refractivity contribution in [3.05, 3.63) is 11.9 Å². The Bertz CT molecular complexity index is 389. The number of hydrogen-bond donors (Lipinski definition) is 1. The molecule has 0 bridgehead atoms. The summed E-state index contributed by atoms with van der Waals surface area (Å²) in [6.07, 6.45) is 10.1. The molecule has 1 fully saturated rings. The molecule has 0 spiro atoms. The fraction of sp³-hybridized carbons (Fsp3) is 0.812. The minimum absolute atomic E-state index is 0.548. The fourth-order valence-electron chi connectivity index (χ4n) is 3.29. The Kier molecular flexibility index (Phi) is 4.89. The molecule has 0 aliphatic heterocycles. The zero-order valence-corrected chi connectivity index (χ0v) is 12.9. The molecule has 1 aromatic rings. The quantitative estimate of drug-likeness (QED) is 0.845. The summed E-state index contributed by atoms with van der Waals surface area (Å²) < 4.78 is 2.37. The van der Waals surface area contributed by atoms with Gasteiger partial charge in [-0.25, -0.2) is 4.98 Å². The van der Waals surface area contributed by atoms with Crippen molar-refractivity contribution in [2.75, 3.05) is 5.32 Å². The first-order valence-electron chi connectivity index (χ1n) is 7.93. The molecule has 0 amide bonds. The first kappa shape index (κ1) is 14.4. The van der Waals surface area contributed by atoms with Crippen molar-refractivity contribution in [1.29, 1.82) is 0 Å². The molecule has 3 nitrogen and oxygen atoms in total. The molecule has 1 aliphatic rings. The first-order valence-corrected chi connectivity index (χ1v) is 7.93. The van der Waals surface area contributed by atoms with Gasteiger partial charge in [0.05, 0.1) is 5.69 Å². The monoisotopic (exact) mass is 263 g/mol. The van der Waals surface area contributed by atoms with E-state index >= 15 is 0 Å². The average molecular weight is 263 g/mol. The molecule has 1 heterocycles. The third-order valence-electron chi connectivity index (χ3n) is 4.34. The van der Waals surface area contributed by atoms with Gasteiger partial charge in [0, 0.05) is 18.3 Å². The molecule has 1 N–H and O–H groups in total. The maximum Gasteiger partial charge on any atom is 0.203 e. The van der Waals surface area contributed by atoms with Gasteiger partial charge in [-0.15, -0.1) is 0 Å². The highest BCUT2D eigenvalue weighted by Gasteiger charge is 2.20. The van der Waals surface area contributed by atoms with E-state index in [1.165, 1.54) is 32.1 Å². The van der Waals surface area contributed by atoms with Gasteiger partial charge in [-0.3, -0.25) is 0 Å². The summed E-state index contributed by atoms with van der Waals surface area (Å²) in [5, 5.41) is 3.69. The van der Waals surface area contributed by atoms with Gasteiger partial charge in [-0.1, -0.05) is 40.0 Å². The van der Waals surface area contributed by atoms with E-state index in [1.54, 1.807) is 0 Å². The fourth-order valence-corrected chi connectivity index (χ4v) is 3.29. The summed E-state index contributed by atoms with van der Waals surface area (Å²) >= 11 is 0. The summed E-state index contributed by atoms with van der Waals surface area (Å²) in [7, 11) is 0. The summed E-state index contributed by atoms with van der Waals surface area (Å²) in [5.41, 5.74) is 1.12. The maximum atomic E-state index is 4.71. The smallest absolute Gasteiger partial charge is 0.203 e. The molecular formula is C16H29N3. The minimum Gasteiger partial charge on any atom is -0.353 e. The van der Waals surface area contributed by atoms with E-state index in [0.29, 0.717) is 18.0 Å². The van der Waals surface area contributed by atoms with E-state index in [-0.39, 0.29) is 0 Å². The predicted octanol–water partition coefficient (Wildman–Crippen LogP) is 4.54. The lowest BCUT2D eigenvalue weighted by molar-refractivity contribution is 0.365. The molecule has 2 rings (SSSR count). The Morgan fingerprint density at radius 1 is 1.32 bits per heavy atom. The van der Waals surface area contributed by atoms with Crippen molar-refractivity contribution in [3.63, 3.8) is 0 Å². The molecule has 0 radical (unpaired) electrons. The van der Waals surface area contributed by atoms with Gasteiger partial charge >= 0.3 is 0 Å². The second-order valence-electron chi connectivity index (χ2n) is 6.31. The Labute approximate surface area is 117 Å². The van der Waals surface area contributed by atoms with Crippen LogP contribution in [0.15, 0.2) is 6.20 Å². The van der Waals surface area contributed by atoms with Crippen molar-refractivity contribution in [2.45, 2.75) is 78.3 Å². The topological polar surface area (TPSA) is 29.9 Å². The number of rotatable bonds is 5. The van der Waals surface area contributed by atoms with Crippen LogP contribution in [-0.4, -0.2) is 15.6 Å². The molecule has 1 saturated carbocycles. The summed E-state index contributed by atoms with van der Waals surface area (Å²) in [4.78, 5) is 4.71. The standard InChI is InChI=1S/C16H29N3/c1-5-15(12(2)3)19-11-13(4)17-16(19)18-14-9-7-6-8-10-14/h11-12,14-15H,5-10H2,1-4H3,(H,17,18). The minimum atomic E-state index is 0.548. The van der Waals surface area contributed by atoms with E-state index in [0.717, 1.165) is 18.1 Å². The van der Waals surface area contributed by atoms with Crippen LogP contribution in [0, 0.1) is 12.8 Å². The van der Waals surface area contributed by atoms with Crippen LogP contribution in [0.4, 0.5) is 5.95 Å². The van der Waals surface area contributed by atoms with Crippen LogP contribution >= 0.6 is 0 Å². The van der Waals surface area contributed by atoms with Crippen LogP contribution in [-0.2, 0) is 0 Å². The number of anilines is 1. The van der Waals surface area contributed by atoms with Crippen molar-refractivity contribution < 1.29 is 0 Å². The Hall–Kier alpha value is -0.990. The van der Waals surface area contributed by atoms with Gasteiger partial charge in [0.25, 0.3) is 0 Å². The van der Waals surface area contributed by atoms with Crippen molar-refractivity contribution in [1.82, 2.24) is 9.55 Å². The van der Waals surface area contributed by atoms with Crippen molar-refractivity contribution >= 4 is 5.95 Å². The zero-order chi connectivity index (χ0) is 13.8. The van der Waals surface area contributed by atoms with Gasteiger partial charge in [-0.2, -0.15) is 0 Å². The first-order chi connectivity index (χ1) is 9.11. The van der Waals surface area contributed by atoms with Gasteiger partial charge < -0.3 is 9.88 Å². The molecule has 3 heteroatoms. The lowest BCUT2D eigenvalue weighted by Crippen LogP contribution is -2.26. The average Bonchev–Trinajstić information content (AvgIpc) is 2.72. The highest BCUT2D eigenvalue weighted by atomic mass is 15.2. The van der Waals surface area contributed by atoms with Crippen LogP contribution in [0.2, 0.25) is 0 Å². The highest BCUT2D eigenvalue weighted by molar-refractivity contribution is 5.31. The number of imidazole rings is 1. The second kappa shape index (κ2) is 6.44. The van der Waals surface area contributed by atoms with Crippen molar-refractivity contribution in [2.24, 2.45) is 5.92 Å². The Morgan fingerprint density at radius 2 is 2.00 bits per heavy atom. The van der Waals surface area contributed by atoms with Gasteiger partial charge in [0.1, 0.15) is 0 Å².